The number of imide groups is 2. The van der Waals surface area contributed by atoms with Crippen molar-refractivity contribution in [2.24, 2.45) is 17.8 Å². The Kier molecular flexibility index (Phi) is 8.68. The highest BCUT2D eigenvalue weighted by atomic mass is 35.5. The summed E-state index contributed by atoms with van der Waals surface area (Å²) in [5.41, 5.74) is -1.50. The molecule has 2 aliphatic heterocycles. The average molecular weight is 783 g/mol. The highest BCUT2D eigenvalue weighted by Crippen LogP contribution is 2.66. The maximum absolute atomic E-state index is 14.6. The monoisotopic (exact) mass is 781 g/mol. The molecular weight excluding hydrogens is 752 g/mol. The molecule has 0 aromatic heterocycles. The molecule has 0 spiro atoms. The molecule has 6 unspecified atom stereocenters. The van der Waals surface area contributed by atoms with Crippen molar-refractivity contribution in [1.82, 2.24) is 0 Å². The Balaban J connectivity index is 1.40. The summed E-state index contributed by atoms with van der Waals surface area (Å²) in [4.78, 5) is 78.4. The number of amides is 4. The number of nitro benzene ring substituents is 2. The molecule has 4 amide bonds. The molecule has 0 radical (unpaired) electrons. The van der Waals surface area contributed by atoms with Crippen molar-refractivity contribution >= 4 is 75.3 Å². The van der Waals surface area contributed by atoms with Crippen molar-refractivity contribution in [2.75, 3.05) is 35.4 Å². The van der Waals surface area contributed by atoms with Gasteiger partial charge in [0.05, 0.1) is 39.7 Å². The molecule has 0 bridgehead atoms. The number of hydrogen-bond acceptors (Lipinski definition) is 11. The molecule has 3 fully saturated rings. The standard InChI is InChI=1S/C36H30Cl2FN5O10/c1-4-54-27-13-17(5-12-26(27)45)29-21-10-11-22-28(23(21)16-35(37)33(48)42(34(49)36(29,35)38)19-8-6-18(39)7-9-19)32(47)41(31(22)46)20-14-24(43(50)51)30(40(2)3)25(15-20)44(52)53/h5-10,12-15,22-23,28-29,45H,4,11,16H2,1-3H3. The van der Waals surface area contributed by atoms with E-state index in [0.717, 1.165) is 29.2 Å². The lowest BCUT2D eigenvalue weighted by atomic mass is 9.56. The number of carbonyl (C=O) groups excluding carboxylic acids is 4. The predicted molar refractivity (Wildman–Crippen MR) is 192 cm³/mol. The number of aromatic hydroxyl groups is 1. The first-order valence-corrected chi connectivity index (χ1v) is 17.4. The lowest BCUT2D eigenvalue weighted by Gasteiger charge is -2.50. The molecule has 3 aromatic rings. The number of ether oxygens (including phenoxy) is 1. The molecule has 15 nitrogen and oxygen atoms in total. The van der Waals surface area contributed by atoms with Gasteiger partial charge in [0.25, 0.3) is 11.8 Å². The van der Waals surface area contributed by atoms with Crippen LogP contribution in [0.15, 0.2) is 66.2 Å². The summed E-state index contributed by atoms with van der Waals surface area (Å²) < 4.78 is 19.6. The minimum Gasteiger partial charge on any atom is -0.504 e. The number of nitrogens with zero attached hydrogens (tertiary/aromatic N) is 5. The van der Waals surface area contributed by atoms with Crippen LogP contribution in [-0.2, 0) is 19.2 Å². The Morgan fingerprint density at radius 3 is 2.11 bits per heavy atom. The second-order valence-corrected chi connectivity index (χ2v) is 14.9. The largest absolute Gasteiger partial charge is 0.504 e. The number of nitro groups is 2. The highest BCUT2D eigenvalue weighted by Gasteiger charge is 2.76. The number of anilines is 3. The summed E-state index contributed by atoms with van der Waals surface area (Å²) in [6.45, 7) is 1.83. The highest BCUT2D eigenvalue weighted by molar-refractivity contribution is 6.58. The van der Waals surface area contributed by atoms with Gasteiger partial charge in [0.2, 0.25) is 11.8 Å². The SMILES string of the molecule is CCOc1cc(C2C3=CCC4C(=O)N(c5cc([N+](=O)[O-])c(N(C)C)c([N+](=O)[O-])c5)C(=O)C4C3CC3(Cl)C(=O)N(c4ccc(F)cc4)C(=O)C23Cl)ccc1O. The molecule has 1 saturated carbocycles. The van der Waals surface area contributed by atoms with Crippen molar-refractivity contribution in [1.29, 1.82) is 0 Å². The summed E-state index contributed by atoms with van der Waals surface area (Å²) in [5.74, 6) is -8.96. The van der Waals surface area contributed by atoms with E-state index in [-0.39, 0.29) is 47.2 Å². The molecular formula is C36H30Cl2FN5O10. The third kappa shape index (κ3) is 5.06. The molecule has 2 aliphatic carbocycles. The van der Waals surface area contributed by atoms with Crippen molar-refractivity contribution in [3.05, 3.63) is 97.9 Å². The van der Waals surface area contributed by atoms with Crippen LogP contribution in [0.2, 0.25) is 0 Å². The van der Waals surface area contributed by atoms with Crippen LogP contribution in [0.5, 0.6) is 11.5 Å². The van der Waals surface area contributed by atoms with Gasteiger partial charge in [-0.05, 0) is 67.6 Å². The molecule has 4 aliphatic rings. The van der Waals surface area contributed by atoms with Crippen LogP contribution in [0.3, 0.4) is 0 Å². The van der Waals surface area contributed by atoms with E-state index in [1.54, 1.807) is 13.0 Å². The fraction of sp³-hybridized carbons (Fsp3) is 0.333. The Labute approximate surface area is 315 Å². The van der Waals surface area contributed by atoms with Crippen LogP contribution >= 0.6 is 23.2 Å². The second-order valence-electron chi connectivity index (χ2n) is 13.7. The minimum absolute atomic E-state index is 0.0159. The first-order valence-electron chi connectivity index (χ1n) is 16.7. The van der Waals surface area contributed by atoms with Gasteiger partial charge >= 0.3 is 11.4 Å². The van der Waals surface area contributed by atoms with Gasteiger partial charge in [0.1, 0.15) is 5.82 Å². The number of allylic oxidation sites excluding steroid dienone is 2. The van der Waals surface area contributed by atoms with Gasteiger partial charge in [-0.1, -0.05) is 17.7 Å². The lowest BCUT2D eigenvalue weighted by Crippen LogP contribution is -2.60. The van der Waals surface area contributed by atoms with Gasteiger partial charge < -0.3 is 14.7 Å². The smallest absolute Gasteiger partial charge is 0.301 e. The van der Waals surface area contributed by atoms with Crippen LogP contribution in [0.25, 0.3) is 0 Å². The Hall–Kier alpha value is -5.61. The number of fused-ring (bicyclic) bond motifs is 4. The van der Waals surface area contributed by atoms with Crippen LogP contribution in [0.4, 0.5) is 32.8 Å². The molecule has 1 N–H and O–H groups in total. The van der Waals surface area contributed by atoms with Gasteiger partial charge in [-0.25, -0.2) is 14.2 Å². The first-order chi connectivity index (χ1) is 25.5. The molecule has 7 rings (SSSR count). The van der Waals surface area contributed by atoms with Crippen molar-refractivity contribution < 1.29 is 43.3 Å². The zero-order chi connectivity index (χ0) is 39.2. The topological polar surface area (TPSA) is 194 Å². The van der Waals surface area contributed by atoms with E-state index < -0.39 is 90.5 Å². The fourth-order valence-corrected chi connectivity index (χ4v) is 9.40. The summed E-state index contributed by atoms with van der Waals surface area (Å²) in [6.07, 6.45) is 1.15. The molecule has 2 saturated heterocycles. The molecule has 18 heteroatoms. The Morgan fingerprint density at radius 1 is 0.907 bits per heavy atom. The molecule has 280 valence electrons. The number of hydrogen-bond donors (Lipinski definition) is 1. The summed E-state index contributed by atoms with van der Waals surface area (Å²) in [5, 5.41) is 34.8. The molecule has 2 heterocycles. The van der Waals surface area contributed by atoms with Gasteiger partial charge in [0.15, 0.2) is 26.9 Å². The van der Waals surface area contributed by atoms with Crippen LogP contribution in [0, 0.1) is 43.8 Å². The lowest BCUT2D eigenvalue weighted by molar-refractivity contribution is -0.392. The number of benzene rings is 3. The maximum Gasteiger partial charge on any atom is 0.301 e. The van der Waals surface area contributed by atoms with Crippen LogP contribution in [0.1, 0.15) is 31.2 Å². The van der Waals surface area contributed by atoms with Crippen molar-refractivity contribution in [3.63, 3.8) is 0 Å². The normalized spacial score (nSPS) is 27.3. The first kappa shape index (κ1) is 36.7. The number of rotatable bonds is 8. The fourth-order valence-electron chi connectivity index (χ4n) is 8.46. The average Bonchev–Trinajstić information content (AvgIpc) is 3.46. The van der Waals surface area contributed by atoms with Crippen molar-refractivity contribution in [3.8, 4) is 11.5 Å². The van der Waals surface area contributed by atoms with Gasteiger partial charge in [-0.2, -0.15) is 0 Å². The zero-order valence-electron chi connectivity index (χ0n) is 28.7. The maximum atomic E-state index is 14.6. The predicted octanol–water partition coefficient (Wildman–Crippen LogP) is 5.58. The van der Waals surface area contributed by atoms with E-state index >= 15 is 0 Å². The van der Waals surface area contributed by atoms with E-state index in [1.807, 2.05) is 0 Å². The van der Waals surface area contributed by atoms with Crippen molar-refractivity contribution in [2.45, 2.75) is 35.4 Å². The third-order valence-electron chi connectivity index (χ3n) is 10.7. The van der Waals surface area contributed by atoms with Gasteiger partial charge in [-0.15, -0.1) is 23.2 Å². The number of carbonyl (C=O) groups is 4. The second kappa shape index (κ2) is 12.8. The minimum atomic E-state index is -2.26. The molecule has 3 aromatic carbocycles. The summed E-state index contributed by atoms with van der Waals surface area (Å²) in [7, 11) is 2.75. The van der Waals surface area contributed by atoms with Crippen LogP contribution < -0.4 is 19.4 Å². The number of alkyl halides is 2. The van der Waals surface area contributed by atoms with Gasteiger partial charge in [-0.3, -0.25) is 39.4 Å². The molecule has 6 atom stereocenters. The Morgan fingerprint density at radius 2 is 1.54 bits per heavy atom. The quantitative estimate of drug-likeness (QED) is 0.0986. The van der Waals surface area contributed by atoms with E-state index in [9.17, 15) is 48.9 Å². The summed E-state index contributed by atoms with van der Waals surface area (Å²) in [6, 6.07) is 10.6. The third-order valence-corrected chi connectivity index (χ3v) is 12.1. The van der Waals surface area contributed by atoms with Crippen LogP contribution in [-0.4, -0.2) is 69.0 Å². The van der Waals surface area contributed by atoms with E-state index in [4.69, 9.17) is 27.9 Å². The van der Waals surface area contributed by atoms with E-state index in [0.29, 0.717) is 10.5 Å². The number of halogens is 3. The molecule has 54 heavy (non-hydrogen) atoms. The van der Waals surface area contributed by atoms with E-state index in [2.05, 4.69) is 0 Å². The number of phenols is 1. The summed E-state index contributed by atoms with van der Waals surface area (Å²) >= 11 is 14.8. The Bertz CT molecular complexity index is 2200. The van der Waals surface area contributed by atoms with E-state index in [1.165, 1.54) is 49.3 Å². The number of phenolic OH excluding ortho intramolecular Hbond substituents is 1. The van der Waals surface area contributed by atoms with Gasteiger partial charge in [0, 0.05) is 32.1 Å². The zero-order valence-corrected chi connectivity index (χ0v) is 30.2.